The molecule has 1 aliphatic heterocycles. The summed E-state index contributed by atoms with van der Waals surface area (Å²) in [5.74, 6) is 2.73. The molecule has 0 radical (unpaired) electrons. The summed E-state index contributed by atoms with van der Waals surface area (Å²) in [4.78, 5) is 6.71. The zero-order valence-electron chi connectivity index (χ0n) is 14.2. The molecule has 1 saturated heterocycles. The van der Waals surface area contributed by atoms with E-state index in [9.17, 15) is 0 Å². The number of anilines is 1. The minimum atomic E-state index is 0.304. The molecule has 23 heavy (non-hydrogen) atoms. The van der Waals surface area contributed by atoms with Crippen molar-refractivity contribution in [3.8, 4) is 5.75 Å². The van der Waals surface area contributed by atoms with E-state index in [2.05, 4.69) is 47.1 Å². The summed E-state index contributed by atoms with van der Waals surface area (Å²) < 4.78 is 10.7. The molecule has 5 nitrogen and oxygen atoms in total. The Bertz CT molecular complexity index is 631. The molecule has 0 saturated carbocycles. The maximum Gasteiger partial charge on any atom is 0.324 e. The van der Waals surface area contributed by atoms with Gasteiger partial charge in [-0.25, -0.2) is 0 Å². The van der Waals surface area contributed by atoms with E-state index in [0.29, 0.717) is 17.9 Å². The van der Waals surface area contributed by atoms with Gasteiger partial charge in [0.25, 0.3) is 0 Å². The first-order valence-corrected chi connectivity index (χ1v) is 8.37. The smallest absolute Gasteiger partial charge is 0.324 e. The van der Waals surface area contributed by atoms with Crippen molar-refractivity contribution in [3.05, 3.63) is 35.7 Å². The van der Waals surface area contributed by atoms with E-state index in [1.54, 1.807) is 7.11 Å². The van der Waals surface area contributed by atoms with Crippen LogP contribution in [-0.4, -0.2) is 30.3 Å². The van der Waals surface area contributed by atoms with Crippen LogP contribution in [-0.2, 0) is 6.42 Å². The third-order valence-corrected chi connectivity index (χ3v) is 4.49. The minimum Gasteiger partial charge on any atom is -0.497 e. The van der Waals surface area contributed by atoms with Crippen LogP contribution in [0.3, 0.4) is 0 Å². The normalized spacial score (nSPS) is 16.1. The lowest BCUT2D eigenvalue weighted by molar-refractivity contribution is 0.359. The van der Waals surface area contributed by atoms with E-state index in [-0.39, 0.29) is 0 Å². The van der Waals surface area contributed by atoms with Crippen molar-refractivity contribution in [2.75, 3.05) is 25.1 Å². The number of piperidine rings is 1. The third kappa shape index (κ3) is 3.84. The van der Waals surface area contributed by atoms with Crippen LogP contribution in [0.4, 0.5) is 6.01 Å². The molecule has 2 heterocycles. The van der Waals surface area contributed by atoms with Crippen molar-refractivity contribution in [2.45, 2.75) is 39.0 Å². The molecule has 0 atom stereocenters. The maximum absolute atomic E-state index is 5.40. The lowest BCUT2D eigenvalue weighted by Gasteiger charge is -2.30. The Kier molecular flexibility index (Phi) is 4.84. The van der Waals surface area contributed by atoms with E-state index in [1.165, 1.54) is 5.56 Å². The Morgan fingerprint density at radius 1 is 1.30 bits per heavy atom. The van der Waals surface area contributed by atoms with Crippen molar-refractivity contribution >= 4 is 6.01 Å². The number of methoxy groups -OCH3 is 1. The van der Waals surface area contributed by atoms with Gasteiger partial charge in [0.1, 0.15) is 5.75 Å². The lowest BCUT2D eigenvalue weighted by atomic mass is 9.90. The largest absolute Gasteiger partial charge is 0.497 e. The van der Waals surface area contributed by atoms with E-state index < -0.39 is 0 Å². The molecule has 3 rings (SSSR count). The van der Waals surface area contributed by atoms with Gasteiger partial charge >= 0.3 is 6.01 Å². The molecule has 0 aliphatic carbocycles. The van der Waals surface area contributed by atoms with Crippen molar-refractivity contribution in [2.24, 2.45) is 5.92 Å². The molecule has 1 aromatic carbocycles. The van der Waals surface area contributed by atoms with Crippen LogP contribution >= 0.6 is 0 Å². The van der Waals surface area contributed by atoms with Gasteiger partial charge in [-0.3, -0.25) is 0 Å². The van der Waals surface area contributed by atoms with Gasteiger partial charge < -0.3 is 14.2 Å². The first-order chi connectivity index (χ1) is 11.2. The number of hydrogen-bond acceptors (Lipinski definition) is 5. The fourth-order valence-electron chi connectivity index (χ4n) is 3.05. The van der Waals surface area contributed by atoms with Crippen LogP contribution in [0.1, 0.15) is 44.0 Å². The van der Waals surface area contributed by atoms with Gasteiger partial charge in [0.15, 0.2) is 5.82 Å². The van der Waals surface area contributed by atoms with E-state index in [1.807, 2.05) is 6.07 Å². The van der Waals surface area contributed by atoms with Gasteiger partial charge in [0.05, 0.1) is 7.11 Å². The second-order valence-electron chi connectivity index (χ2n) is 6.58. The van der Waals surface area contributed by atoms with Crippen LogP contribution in [0.2, 0.25) is 0 Å². The van der Waals surface area contributed by atoms with Crippen molar-refractivity contribution < 1.29 is 9.26 Å². The minimum absolute atomic E-state index is 0.304. The summed E-state index contributed by atoms with van der Waals surface area (Å²) in [6.45, 7) is 6.12. The SMILES string of the molecule is COc1cccc(CC2CCN(c3nc(C(C)C)no3)CC2)c1. The highest BCUT2D eigenvalue weighted by molar-refractivity contribution is 5.29. The number of nitrogens with zero attached hydrogens (tertiary/aromatic N) is 3. The zero-order chi connectivity index (χ0) is 16.2. The van der Waals surface area contributed by atoms with Gasteiger partial charge in [-0.2, -0.15) is 4.98 Å². The quantitative estimate of drug-likeness (QED) is 0.843. The highest BCUT2D eigenvalue weighted by Crippen LogP contribution is 2.26. The Morgan fingerprint density at radius 3 is 2.74 bits per heavy atom. The average molecular weight is 315 g/mol. The van der Waals surface area contributed by atoms with Gasteiger partial charge in [-0.05, 0) is 42.9 Å². The average Bonchev–Trinajstić information content (AvgIpc) is 3.06. The number of ether oxygens (including phenoxy) is 1. The van der Waals surface area contributed by atoms with Crippen molar-refractivity contribution in [1.82, 2.24) is 10.1 Å². The topological polar surface area (TPSA) is 51.4 Å². The van der Waals surface area contributed by atoms with Gasteiger partial charge in [-0.1, -0.05) is 31.1 Å². The highest BCUT2D eigenvalue weighted by atomic mass is 16.5. The number of benzene rings is 1. The predicted molar refractivity (Wildman–Crippen MR) is 90.0 cm³/mol. The highest BCUT2D eigenvalue weighted by Gasteiger charge is 2.23. The van der Waals surface area contributed by atoms with Crippen molar-refractivity contribution in [3.63, 3.8) is 0 Å². The summed E-state index contributed by atoms with van der Waals surface area (Å²) >= 11 is 0. The summed E-state index contributed by atoms with van der Waals surface area (Å²) in [7, 11) is 1.72. The first-order valence-electron chi connectivity index (χ1n) is 8.37. The van der Waals surface area contributed by atoms with Crippen LogP contribution in [0.25, 0.3) is 0 Å². The van der Waals surface area contributed by atoms with Crippen LogP contribution < -0.4 is 9.64 Å². The lowest BCUT2D eigenvalue weighted by Crippen LogP contribution is -2.34. The number of aromatic nitrogens is 2. The van der Waals surface area contributed by atoms with E-state index >= 15 is 0 Å². The monoisotopic (exact) mass is 315 g/mol. The second kappa shape index (κ2) is 7.02. The van der Waals surface area contributed by atoms with Crippen LogP contribution in [0.5, 0.6) is 5.75 Å². The fourth-order valence-corrected chi connectivity index (χ4v) is 3.05. The molecule has 0 N–H and O–H groups in total. The molecular weight excluding hydrogens is 290 g/mol. The Morgan fingerprint density at radius 2 is 2.09 bits per heavy atom. The number of rotatable bonds is 5. The summed E-state index contributed by atoms with van der Waals surface area (Å²) in [5.41, 5.74) is 1.35. The molecule has 5 heteroatoms. The standard InChI is InChI=1S/C18H25N3O2/c1-13(2)17-19-18(23-20-17)21-9-7-14(8-10-21)11-15-5-4-6-16(12-15)22-3/h4-6,12-14H,7-11H2,1-3H3. The molecule has 0 unspecified atom stereocenters. The van der Waals surface area contributed by atoms with Crippen LogP contribution in [0.15, 0.2) is 28.8 Å². The third-order valence-electron chi connectivity index (χ3n) is 4.49. The first kappa shape index (κ1) is 15.8. The molecule has 124 valence electrons. The van der Waals surface area contributed by atoms with Gasteiger partial charge in [0.2, 0.25) is 0 Å². The van der Waals surface area contributed by atoms with E-state index in [0.717, 1.165) is 43.9 Å². The fraction of sp³-hybridized carbons (Fsp3) is 0.556. The zero-order valence-corrected chi connectivity index (χ0v) is 14.2. The molecule has 0 amide bonds. The molecule has 1 fully saturated rings. The Balaban J connectivity index is 1.55. The molecule has 0 bridgehead atoms. The Hall–Kier alpha value is -2.04. The van der Waals surface area contributed by atoms with Crippen LogP contribution in [0, 0.1) is 5.92 Å². The predicted octanol–water partition coefficient (Wildman–Crippen LogP) is 3.66. The molecule has 1 aromatic heterocycles. The maximum atomic E-state index is 5.40. The number of hydrogen-bond donors (Lipinski definition) is 0. The van der Waals surface area contributed by atoms with Crippen molar-refractivity contribution in [1.29, 1.82) is 0 Å². The van der Waals surface area contributed by atoms with Gasteiger partial charge in [0, 0.05) is 19.0 Å². The second-order valence-corrected chi connectivity index (χ2v) is 6.58. The molecular formula is C18H25N3O2. The van der Waals surface area contributed by atoms with E-state index in [4.69, 9.17) is 9.26 Å². The van der Waals surface area contributed by atoms with Gasteiger partial charge in [-0.15, -0.1) is 0 Å². The molecule has 0 spiro atoms. The summed E-state index contributed by atoms with van der Waals surface area (Å²) in [5, 5.41) is 4.06. The Labute approximate surface area is 137 Å². The summed E-state index contributed by atoms with van der Waals surface area (Å²) in [6.07, 6.45) is 3.40. The molecule has 1 aliphatic rings. The molecule has 2 aromatic rings. The summed E-state index contributed by atoms with van der Waals surface area (Å²) in [6, 6.07) is 9.05.